The molecule has 50 heavy (non-hydrogen) atoms. The summed E-state index contributed by atoms with van der Waals surface area (Å²) in [6.45, 7) is 6.58. The van der Waals surface area contributed by atoms with E-state index in [4.69, 9.17) is 11.5 Å². The van der Waals surface area contributed by atoms with E-state index >= 15 is 0 Å². The molecule has 11 nitrogen and oxygen atoms in total. The predicted octanol–water partition coefficient (Wildman–Crippen LogP) is 2.19. The lowest BCUT2D eigenvalue weighted by Gasteiger charge is -2.42. The van der Waals surface area contributed by atoms with Gasteiger partial charge in [0.1, 0.15) is 6.04 Å². The molecule has 6 unspecified atom stereocenters. The second-order valence-corrected chi connectivity index (χ2v) is 14.5. The van der Waals surface area contributed by atoms with Crippen LogP contribution in [0.4, 0.5) is 0 Å². The van der Waals surface area contributed by atoms with E-state index in [9.17, 15) is 24.3 Å². The lowest BCUT2D eigenvalue weighted by atomic mass is 9.88. The van der Waals surface area contributed by atoms with E-state index in [1.807, 2.05) is 79.4 Å². The van der Waals surface area contributed by atoms with E-state index in [2.05, 4.69) is 15.5 Å². The largest absolute Gasteiger partial charge is 0.395 e. The van der Waals surface area contributed by atoms with Crippen molar-refractivity contribution in [1.82, 2.24) is 20.4 Å². The average molecular weight is 691 g/mol. The average Bonchev–Trinajstić information content (AvgIpc) is 3.37. The lowest BCUT2D eigenvalue weighted by molar-refractivity contribution is -0.143. The number of ketones is 1. The van der Waals surface area contributed by atoms with Crippen LogP contribution in [0, 0.1) is 11.8 Å². The number of aliphatic hydroxyl groups is 1. The lowest BCUT2D eigenvalue weighted by Crippen LogP contribution is -2.60. The molecule has 3 amide bonds. The summed E-state index contributed by atoms with van der Waals surface area (Å²) in [6.07, 6.45) is 4.65. The molecule has 2 fully saturated rings. The minimum Gasteiger partial charge on any atom is -0.395 e. The highest BCUT2D eigenvalue weighted by Crippen LogP contribution is 2.31. The molecule has 0 saturated carbocycles. The first-order valence-electron chi connectivity index (χ1n) is 18.4. The molecule has 0 radical (unpaired) electrons. The third-order valence-electron chi connectivity index (χ3n) is 9.99. The van der Waals surface area contributed by atoms with Gasteiger partial charge >= 0.3 is 0 Å². The fourth-order valence-electron chi connectivity index (χ4n) is 7.47. The number of carbonyl (C=O) groups is 4. The van der Waals surface area contributed by atoms with Crippen molar-refractivity contribution in [2.24, 2.45) is 23.3 Å². The van der Waals surface area contributed by atoms with E-state index in [1.165, 1.54) is 0 Å². The number of fused-ring (bicyclic) bond motifs is 2. The van der Waals surface area contributed by atoms with Crippen LogP contribution in [0.3, 0.4) is 0 Å². The van der Waals surface area contributed by atoms with E-state index in [0.29, 0.717) is 51.9 Å². The van der Waals surface area contributed by atoms with Crippen molar-refractivity contribution in [2.45, 2.75) is 102 Å². The number of carbonyl (C=O) groups excluding carboxylic acids is 4. The Morgan fingerprint density at radius 3 is 1.98 bits per heavy atom. The van der Waals surface area contributed by atoms with Gasteiger partial charge in [-0.05, 0) is 75.0 Å². The van der Waals surface area contributed by atoms with Gasteiger partial charge in [-0.2, -0.15) is 0 Å². The first-order valence-corrected chi connectivity index (χ1v) is 18.4. The van der Waals surface area contributed by atoms with Crippen molar-refractivity contribution in [2.75, 3.05) is 32.8 Å². The Hall–Kier alpha value is -3.64. The summed E-state index contributed by atoms with van der Waals surface area (Å²) in [5.74, 6) is -1.65. The summed E-state index contributed by atoms with van der Waals surface area (Å²) in [6, 6.07) is 16.6. The second kappa shape index (κ2) is 19.7. The van der Waals surface area contributed by atoms with Crippen LogP contribution < -0.4 is 22.1 Å². The van der Waals surface area contributed by atoms with Crippen LogP contribution in [-0.2, 0) is 32.0 Å². The quantitative estimate of drug-likeness (QED) is 0.132. The Labute approximate surface area is 297 Å². The summed E-state index contributed by atoms with van der Waals surface area (Å²) in [7, 11) is 0. The second-order valence-electron chi connectivity index (χ2n) is 14.5. The van der Waals surface area contributed by atoms with Crippen molar-refractivity contribution in [3.05, 3.63) is 71.8 Å². The van der Waals surface area contributed by atoms with Gasteiger partial charge in [-0.25, -0.2) is 0 Å². The Balaban J connectivity index is 1.49. The molecule has 4 rings (SSSR count). The molecular formula is C39H58N6O5. The Bertz CT molecular complexity index is 1360. The first kappa shape index (κ1) is 39.2. The minimum atomic E-state index is -0.873. The van der Waals surface area contributed by atoms with Crippen molar-refractivity contribution in [3.8, 4) is 0 Å². The number of piperazine rings is 1. The zero-order valence-electron chi connectivity index (χ0n) is 29.8. The number of benzene rings is 2. The number of β-amino-alcohol motifs (C(OH)–C–C–N with tert-alkyl or cyclic N) is 1. The van der Waals surface area contributed by atoms with Crippen LogP contribution >= 0.6 is 0 Å². The maximum atomic E-state index is 14.1. The highest BCUT2D eigenvalue weighted by molar-refractivity contribution is 5.95. The van der Waals surface area contributed by atoms with E-state index < -0.39 is 30.0 Å². The molecule has 2 bridgehead atoms. The molecule has 11 heteroatoms. The molecule has 2 heterocycles. The normalized spacial score (nSPS) is 19.8. The van der Waals surface area contributed by atoms with E-state index in [0.717, 1.165) is 30.4 Å². The van der Waals surface area contributed by atoms with Gasteiger partial charge in [-0.15, -0.1) is 0 Å². The van der Waals surface area contributed by atoms with Gasteiger partial charge in [0.15, 0.2) is 5.78 Å². The van der Waals surface area contributed by atoms with Crippen LogP contribution in [0.25, 0.3) is 0 Å². The smallest absolute Gasteiger partial charge is 0.245 e. The highest BCUT2D eigenvalue weighted by Gasteiger charge is 2.44. The molecule has 2 aliphatic heterocycles. The van der Waals surface area contributed by atoms with Crippen LogP contribution in [-0.4, -0.2) is 101 Å². The number of nitrogens with two attached hydrogens (primary N) is 2. The maximum absolute atomic E-state index is 14.1. The highest BCUT2D eigenvalue weighted by atomic mass is 16.3. The monoisotopic (exact) mass is 690 g/mol. The number of hydrogen-bond acceptors (Lipinski definition) is 8. The number of amides is 3. The summed E-state index contributed by atoms with van der Waals surface area (Å²) >= 11 is 0. The van der Waals surface area contributed by atoms with E-state index in [1.54, 1.807) is 0 Å². The molecule has 0 aromatic heterocycles. The number of likely N-dealkylation sites (tertiary alicyclic amines) is 1. The molecule has 2 aliphatic rings. The maximum Gasteiger partial charge on any atom is 0.245 e. The van der Waals surface area contributed by atoms with Gasteiger partial charge < -0.3 is 32.1 Å². The van der Waals surface area contributed by atoms with Crippen LogP contribution in [0.5, 0.6) is 0 Å². The zero-order chi connectivity index (χ0) is 36.0. The fourth-order valence-corrected chi connectivity index (χ4v) is 7.47. The summed E-state index contributed by atoms with van der Waals surface area (Å²) in [4.78, 5) is 59.8. The van der Waals surface area contributed by atoms with Crippen LogP contribution in [0.2, 0.25) is 0 Å². The van der Waals surface area contributed by atoms with Crippen molar-refractivity contribution in [3.63, 3.8) is 0 Å². The number of rotatable bonds is 20. The SMILES string of the molecule is CC(C)CC(CC(=O)C(Cc1ccccc1)NC(=O)C(N)Cc1ccccc1)C(=O)NC(CCCCN)C(=O)N1C2CCC1CN(CCO)C2. The molecular weight excluding hydrogens is 632 g/mol. The van der Waals surface area contributed by atoms with Crippen molar-refractivity contribution in [1.29, 1.82) is 0 Å². The fraction of sp³-hybridized carbons (Fsp3) is 0.590. The van der Waals surface area contributed by atoms with Crippen LogP contribution in [0.15, 0.2) is 60.7 Å². The molecule has 2 aromatic carbocycles. The number of nitrogens with zero attached hydrogens (tertiary/aromatic N) is 2. The number of nitrogens with one attached hydrogen (secondary N) is 2. The molecule has 2 saturated heterocycles. The summed E-state index contributed by atoms with van der Waals surface area (Å²) < 4.78 is 0. The van der Waals surface area contributed by atoms with Gasteiger partial charge in [0, 0.05) is 44.1 Å². The summed E-state index contributed by atoms with van der Waals surface area (Å²) in [5, 5.41) is 15.5. The molecule has 7 N–H and O–H groups in total. The standard InChI is InChI=1S/C39H58N6O5/c1-27(2)21-30(37(48)42-34(15-9-10-18-40)39(50)45-31-16-17-32(45)26-44(25-31)19-20-46)24-36(47)35(23-29-13-7-4-8-14-29)43-38(49)33(41)22-28-11-5-3-6-12-28/h3-8,11-14,27,30-35,46H,9-10,15-26,40-41H2,1-2H3,(H,42,48)(H,43,49). The van der Waals surface area contributed by atoms with Crippen molar-refractivity contribution >= 4 is 23.5 Å². The Morgan fingerprint density at radius 2 is 1.42 bits per heavy atom. The first-order chi connectivity index (χ1) is 24.1. The van der Waals surface area contributed by atoms with E-state index in [-0.39, 0.29) is 55.0 Å². The predicted molar refractivity (Wildman–Crippen MR) is 195 cm³/mol. The van der Waals surface area contributed by atoms with Gasteiger partial charge in [-0.1, -0.05) is 74.5 Å². The zero-order valence-corrected chi connectivity index (χ0v) is 29.8. The van der Waals surface area contributed by atoms with Crippen LogP contribution in [0.1, 0.15) is 69.9 Å². The summed E-state index contributed by atoms with van der Waals surface area (Å²) in [5.41, 5.74) is 13.9. The van der Waals surface area contributed by atoms with Gasteiger partial charge in [0.05, 0.1) is 18.7 Å². The molecule has 2 aromatic rings. The molecule has 6 atom stereocenters. The third-order valence-corrected chi connectivity index (χ3v) is 9.99. The molecule has 274 valence electrons. The molecule has 0 spiro atoms. The topological polar surface area (TPSA) is 171 Å². The molecule has 0 aliphatic carbocycles. The van der Waals surface area contributed by atoms with Gasteiger partial charge in [-0.3, -0.25) is 24.1 Å². The number of hydrogen-bond donors (Lipinski definition) is 5. The Morgan fingerprint density at radius 1 is 0.840 bits per heavy atom. The van der Waals surface area contributed by atoms with Gasteiger partial charge in [0.25, 0.3) is 0 Å². The minimum absolute atomic E-state index is 0.0466. The number of Topliss-reactive ketones (excluding diaryl/α,β-unsaturated/α-hetero) is 1. The number of aliphatic hydroxyl groups excluding tert-OH is 1. The van der Waals surface area contributed by atoms with Gasteiger partial charge in [0.2, 0.25) is 17.7 Å². The number of unbranched alkanes of at least 4 members (excludes halogenated alkanes) is 1. The third kappa shape index (κ3) is 11.4. The Kier molecular flexibility index (Phi) is 15.4. The van der Waals surface area contributed by atoms with Crippen molar-refractivity contribution < 1.29 is 24.3 Å².